The summed E-state index contributed by atoms with van der Waals surface area (Å²) in [6.07, 6.45) is 16.2. The molecule has 1 aromatic heterocycles. The van der Waals surface area contributed by atoms with Gasteiger partial charge in [0.05, 0.1) is 12.2 Å². The summed E-state index contributed by atoms with van der Waals surface area (Å²) in [5, 5.41) is 0. The van der Waals surface area contributed by atoms with Crippen molar-refractivity contribution in [3.05, 3.63) is 24.0 Å². The maximum atomic E-state index is 12.2. The van der Waals surface area contributed by atoms with Crippen molar-refractivity contribution in [2.75, 3.05) is 0 Å². The number of H-pyrrole nitrogens is 1. The van der Waals surface area contributed by atoms with Crippen LogP contribution in [-0.4, -0.2) is 23.0 Å². The Kier molecular flexibility index (Phi) is 5.83. The standard InChI is InChI=1S/C31H47NO2/c1-19(16-22-6-5-15-32-22)7-10-27-20(2)29-28(34-27)18-26-24-9-8-21-17-23(33)11-13-30(21,3)25(24)12-14-31(26,29)4/h5-6,15,19-21,24-29,32H,7-14,16-18H2,1-4H3/t19-,20+,21+,24+,25-,26-,27+,28-,29-,30-,31-/m0/s1. The summed E-state index contributed by atoms with van der Waals surface area (Å²) >= 11 is 0. The van der Waals surface area contributed by atoms with E-state index in [4.69, 9.17) is 4.74 Å². The zero-order chi connectivity index (χ0) is 23.7. The molecule has 188 valence electrons. The second kappa shape index (κ2) is 8.49. The van der Waals surface area contributed by atoms with E-state index in [1.807, 2.05) is 6.20 Å². The van der Waals surface area contributed by atoms with E-state index in [1.165, 1.54) is 50.6 Å². The molecule has 3 nitrogen and oxygen atoms in total. The Morgan fingerprint density at radius 1 is 1.15 bits per heavy atom. The van der Waals surface area contributed by atoms with Gasteiger partial charge in [0, 0.05) is 24.7 Å². The summed E-state index contributed by atoms with van der Waals surface area (Å²) in [5.41, 5.74) is 2.24. The van der Waals surface area contributed by atoms with Crippen LogP contribution in [0.5, 0.6) is 0 Å². The van der Waals surface area contributed by atoms with Crippen LogP contribution >= 0.6 is 0 Å². The van der Waals surface area contributed by atoms with E-state index in [-0.39, 0.29) is 0 Å². The van der Waals surface area contributed by atoms with Crippen LogP contribution in [0.3, 0.4) is 0 Å². The van der Waals surface area contributed by atoms with Gasteiger partial charge in [-0.25, -0.2) is 0 Å². The highest BCUT2D eigenvalue weighted by Gasteiger charge is 2.65. The third-order valence-corrected chi connectivity index (χ3v) is 12.2. The van der Waals surface area contributed by atoms with Gasteiger partial charge in [0.15, 0.2) is 0 Å². The smallest absolute Gasteiger partial charge is 0.133 e. The van der Waals surface area contributed by atoms with Crippen LogP contribution in [0, 0.1) is 52.3 Å². The number of hydrogen-bond acceptors (Lipinski definition) is 2. The first-order chi connectivity index (χ1) is 16.3. The zero-order valence-corrected chi connectivity index (χ0v) is 22.0. The molecule has 5 fully saturated rings. The van der Waals surface area contributed by atoms with Gasteiger partial charge < -0.3 is 9.72 Å². The van der Waals surface area contributed by atoms with Crippen LogP contribution in [0.4, 0.5) is 0 Å². The lowest BCUT2D eigenvalue weighted by Crippen LogP contribution is -2.54. The quantitative estimate of drug-likeness (QED) is 0.499. The summed E-state index contributed by atoms with van der Waals surface area (Å²) in [5.74, 6) is 5.89. The van der Waals surface area contributed by atoms with Crippen LogP contribution in [0.1, 0.15) is 97.6 Å². The molecule has 0 aromatic carbocycles. The molecule has 0 bridgehead atoms. The van der Waals surface area contributed by atoms with Crippen molar-refractivity contribution in [1.29, 1.82) is 0 Å². The fourth-order valence-corrected chi connectivity index (χ4v) is 10.5. The average Bonchev–Trinajstić information content (AvgIpc) is 3.49. The number of ether oxygens (including phenoxy) is 1. The topological polar surface area (TPSA) is 42.1 Å². The second-order valence-electron chi connectivity index (χ2n) is 13.9. The highest BCUT2D eigenvalue weighted by Crippen LogP contribution is 2.69. The Bertz CT molecular complexity index is 893. The monoisotopic (exact) mass is 465 g/mol. The van der Waals surface area contributed by atoms with Gasteiger partial charge in [-0.15, -0.1) is 0 Å². The van der Waals surface area contributed by atoms with Crippen LogP contribution in [0.25, 0.3) is 0 Å². The normalized spacial score (nSPS) is 48.6. The maximum Gasteiger partial charge on any atom is 0.133 e. The van der Waals surface area contributed by atoms with Crippen molar-refractivity contribution < 1.29 is 9.53 Å². The molecule has 0 spiro atoms. The molecule has 4 aliphatic carbocycles. The van der Waals surface area contributed by atoms with Crippen molar-refractivity contribution in [3.8, 4) is 0 Å². The van der Waals surface area contributed by atoms with Gasteiger partial charge in [-0.05, 0) is 122 Å². The first-order valence-corrected chi connectivity index (χ1v) is 14.6. The van der Waals surface area contributed by atoms with E-state index in [1.54, 1.807) is 0 Å². The molecule has 0 radical (unpaired) electrons. The lowest BCUT2D eigenvalue weighted by Gasteiger charge is -2.60. The molecule has 4 saturated carbocycles. The van der Waals surface area contributed by atoms with Crippen LogP contribution in [0.2, 0.25) is 0 Å². The number of aromatic amines is 1. The number of nitrogens with one attached hydrogen (secondary N) is 1. The molecule has 3 heteroatoms. The van der Waals surface area contributed by atoms with E-state index < -0.39 is 0 Å². The predicted octanol–water partition coefficient (Wildman–Crippen LogP) is 7.21. The SMILES string of the molecule is C[C@@H](CC[C@H]1O[C@H]2C[C@H]3[C@@H]4CC[C@@H]5CC(=O)CC[C@]5(C)[C@H]4CC[C@]3(C)[C@H]2[C@@H]1C)Cc1ccc[nH]1. The largest absolute Gasteiger partial charge is 0.374 e. The molecule has 2 heterocycles. The summed E-state index contributed by atoms with van der Waals surface area (Å²) in [6.45, 7) is 10.2. The minimum Gasteiger partial charge on any atom is -0.374 e. The number of ketones is 1. The summed E-state index contributed by atoms with van der Waals surface area (Å²) in [4.78, 5) is 15.6. The molecule has 0 unspecified atom stereocenters. The second-order valence-corrected chi connectivity index (χ2v) is 13.9. The van der Waals surface area contributed by atoms with E-state index in [0.717, 1.165) is 49.4 Å². The number of hydrogen-bond donors (Lipinski definition) is 1. The Labute approximate surface area is 207 Å². The summed E-state index contributed by atoms with van der Waals surface area (Å²) in [7, 11) is 0. The number of fused-ring (bicyclic) bond motifs is 7. The minimum absolute atomic E-state index is 0.417. The first-order valence-electron chi connectivity index (χ1n) is 14.6. The number of Topliss-reactive ketones (excluding diaryl/α,β-unsaturated/α-hetero) is 1. The highest BCUT2D eigenvalue weighted by atomic mass is 16.5. The van der Waals surface area contributed by atoms with Gasteiger partial charge in [-0.2, -0.15) is 0 Å². The molecule has 1 N–H and O–H groups in total. The van der Waals surface area contributed by atoms with Crippen molar-refractivity contribution in [2.45, 2.75) is 111 Å². The molecular weight excluding hydrogens is 418 g/mol. The zero-order valence-electron chi connectivity index (χ0n) is 22.0. The van der Waals surface area contributed by atoms with E-state index in [0.29, 0.717) is 46.6 Å². The molecule has 1 aromatic rings. The molecule has 34 heavy (non-hydrogen) atoms. The van der Waals surface area contributed by atoms with Gasteiger partial charge in [-0.3, -0.25) is 4.79 Å². The van der Waals surface area contributed by atoms with Gasteiger partial charge in [0.25, 0.3) is 0 Å². The Balaban J connectivity index is 1.12. The lowest BCUT2D eigenvalue weighted by atomic mass is 9.44. The minimum atomic E-state index is 0.417. The summed E-state index contributed by atoms with van der Waals surface area (Å²) in [6, 6.07) is 4.32. The molecule has 6 rings (SSSR count). The van der Waals surface area contributed by atoms with Crippen LogP contribution in [0.15, 0.2) is 18.3 Å². The molecule has 1 saturated heterocycles. The van der Waals surface area contributed by atoms with Crippen molar-refractivity contribution >= 4 is 5.78 Å². The maximum absolute atomic E-state index is 12.2. The molecule has 0 amide bonds. The van der Waals surface area contributed by atoms with Gasteiger partial charge >= 0.3 is 0 Å². The molecule has 5 aliphatic rings. The van der Waals surface area contributed by atoms with Crippen molar-refractivity contribution in [1.82, 2.24) is 4.98 Å². The van der Waals surface area contributed by atoms with Crippen molar-refractivity contribution in [2.24, 2.45) is 52.3 Å². The fourth-order valence-electron chi connectivity index (χ4n) is 10.5. The predicted molar refractivity (Wildman–Crippen MR) is 136 cm³/mol. The van der Waals surface area contributed by atoms with Crippen molar-refractivity contribution in [3.63, 3.8) is 0 Å². The Morgan fingerprint density at radius 3 is 2.79 bits per heavy atom. The van der Waals surface area contributed by atoms with Gasteiger partial charge in [-0.1, -0.05) is 27.7 Å². The summed E-state index contributed by atoms with van der Waals surface area (Å²) < 4.78 is 6.91. The molecule has 11 atom stereocenters. The molecule has 1 aliphatic heterocycles. The highest BCUT2D eigenvalue weighted by molar-refractivity contribution is 5.79. The fraction of sp³-hybridized carbons (Fsp3) is 0.839. The third-order valence-electron chi connectivity index (χ3n) is 12.2. The van der Waals surface area contributed by atoms with Gasteiger partial charge in [0.2, 0.25) is 0 Å². The van der Waals surface area contributed by atoms with Crippen LogP contribution < -0.4 is 0 Å². The van der Waals surface area contributed by atoms with Gasteiger partial charge in [0.1, 0.15) is 5.78 Å². The number of rotatable bonds is 5. The van der Waals surface area contributed by atoms with E-state index in [2.05, 4.69) is 44.8 Å². The molecular formula is C31H47NO2. The third kappa shape index (κ3) is 3.58. The number of carbonyl (C=O) groups excluding carboxylic acids is 1. The number of carbonyl (C=O) groups is 1. The average molecular weight is 466 g/mol. The Hall–Kier alpha value is -1.09. The van der Waals surface area contributed by atoms with Crippen LogP contribution in [-0.2, 0) is 16.0 Å². The first kappa shape index (κ1) is 23.3. The Morgan fingerprint density at radius 2 is 2.00 bits per heavy atom. The number of aromatic nitrogens is 1. The lowest BCUT2D eigenvalue weighted by molar-refractivity contribution is -0.140. The van der Waals surface area contributed by atoms with E-state index in [9.17, 15) is 4.79 Å². The van der Waals surface area contributed by atoms with E-state index >= 15 is 0 Å².